The third-order valence-corrected chi connectivity index (χ3v) is 6.35. The topological polar surface area (TPSA) is 86.8 Å². The summed E-state index contributed by atoms with van der Waals surface area (Å²) in [5.41, 5.74) is 3.81. The van der Waals surface area contributed by atoms with E-state index in [2.05, 4.69) is 32.0 Å². The Kier molecular flexibility index (Phi) is 6.46. The third kappa shape index (κ3) is 4.88. The standard InChI is InChI=1S/C26H24ClFN6O/c1-2-19(35)14-16-7-6-8-17(13-16)23-22-24(27)32-33-25(22)31-26(30-23)29-18-9-10-20(28)21(15-18)34-11-4-3-5-12-34/h2,6-10,13,15H,1,3-5,11-12,14H2,(H2,29,30,31,32,33). The molecule has 7 nitrogen and oxygen atoms in total. The molecule has 9 heteroatoms. The van der Waals surface area contributed by atoms with E-state index in [9.17, 15) is 9.18 Å². The molecule has 2 N–H and O–H groups in total. The van der Waals surface area contributed by atoms with Crippen molar-refractivity contribution in [2.45, 2.75) is 25.7 Å². The lowest BCUT2D eigenvalue weighted by Gasteiger charge is -2.29. The first kappa shape index (κ1) is 23.0. The number of hydrogen-bond donors (Lipinski definition) is 2. The number of rotatable bonds is 7. The molecule has 0 amide bonds. The minimum Gasteiger partial charge on any atom is -0.369 e. The van der Waals surface area contributed by atoms with Gasteiger partial charge in [0.25, 0.3) is 0 Å². The molecule has 0 atom stereocenters. The molecule has 35 heavy (non-hydrogen) atoms. The number of H-pyrrole nitrogens is 1. The average molecular weight is 491 g/mol. The van der Waals surface area contributed by atoms with Gasteiger partial charge in [0.1, 0.15) is 11.0 Å². The predicted molar refractivity (Wildman–Crippen MR) is 137 cm³/mol. The molecule has 4 aromatic rings. The second kappa shape index (κ2) is 9.84. The van der Waals surface area contributed by atoms with Crippen molar-refractivity contribution in [2.24, 2.45) is 0 Å². The van der Waals surface area contributed by atoms with Crippen molar-refractivity contribution in [2.75, 3.05) is 23.3 Å². The number of hydrogen-bond acceptors (Lipinski definition) is 6. The van der Waals surface area contributed by atoms with Crippen molar-refractivity contribution in [3.05, 3.63) is 71.7 Å². The third-order valence-electron chi connectivity index (χ3n) is 6.07. The highest BCUT2D eigenvalue weighted by atomic mass is 35.5. The minimum atomic E-state index is -0.250. The van der Waals surface area contributed by atoms with Crippen molar-refractivity contribution in [3.63, 3.8) is 0 Å². The van der Waals surface area contributed by atoms with Crippen LogP contribution in [0.15, 0.2) is 55.1 Å². The van der Waals surface area contributed by atoms with Crippen molar-refractivity contribution in [1.29, 1.82) is 0 Å². The number of piperidine rings is 1. The van der Waals surface area contributed by atoms with E-state index < -0.39 is 0 Å². The molecule has 178 valence electrons. The number of benzene rings is 2. The van der Waals surface area contributed by atoms with Crippen molar-refractivity contribution < 1.29 is 9.18 Å². The largest absolute Gasteiger partial charge is 0.369 e. The number of carbonyl (C=O) groups excluding carboxylic acids is 1. The number of fused-ring (bicyclic) bond motifs is 1. The first-order chi connectivity index (χ1) is 17.0. The smallest absolute Gasteiger partial charge is 0.229 e. The van der Waals surface area contributed by atoms with Gasteiger partial charge in [-0.05, 0) is 55.2 Å². The van der Waals surface area contributed by atoms with Gasteiger partial charge in [0.05, 0.1) is 16.8 Å². The average Bonchev–Trinajstić information content (AvgIpc) is 3.25. The summed E-state index contributed by atoms with van der Waals surface area (Å²) in [7, 11) is 0. The van der Waals surface area contributed by atoms with Crippen LogP contribution in [0.25, 0.3) is 22.3 Å². The quantitative estimate of drug-likeness (QED) is 0.316. The van der Waals surface area contributed by atoms with Crippen molar-refractivity contribution in [3.8, 4) is 11.3 Å². The number of nitrogens with one attached hydrogen (secondary N) is 2. The summed E-state index contributed by atoms with van der Waals surface area (Å²) in [4.78, 5) is 23.2. The van der Waals surface area contributed by atoms with Gasteiger partial charge in [-0.1, -0.05) is 36.4 Å². The monoisotopic (exact) mass is 490 g/mol. The van der Waals surface area contributed by atoms with Gasteiger partial charge in [-0.25, -0.2) is 9.37 Å². The van der Waals surface area contributed by atoms with Gasteiger partial charge in [-0.2, -0.15) is 10.1 Å². The van der Waals surface area contributed by atoms with Crippen LogP contribution < -0.4 is 10.2 Å². The van der Waals surface area contributed by atoms with Gasteiger partial charge in [-0.3, -0.25) is 9.89 Å². The number of anilines is 3. The number of halogens is 2. The Morgan fingerprint density at radius 2 is 2.00 bits per heavy atom. The summed E-state index contributed by atoms with van der Waals surface area (Å²) in [6.07, 6.45) is 4.83. The van der Waals surface area contributed by atoms with Crippen LogP contribution in [0.3, 0.4) is 0 Å². The summed E-state index contributed by atoms with van der Waals surface area (Å²) < 4.78 is 14.6. The number of nitrogens with zero attached hydrogens (tertiary/aromatic N) is 4. The molecule has 3 heterocycles. The number of aromatic nitrogens is 4. The van der Waals surface area contributed by atoms with Crippen molar-refractivity contribution >= 4 is 45.7 Å². The molecular formula is C26H24ClFN6O. The summed E-state index contributed by atoms with van der Waals surface area (Å²) in [6, 6.07) is 12.4. The highest BCUT2D eigenvalue weighted by molar-refractivity contribution is 6.35. The zero-order chi connectivity index (χ0) is 24.4. The van der Waals surface area contributed by atoms with Crippen LogP contribution in [0, 0.1) is 5.82 Å². The maximum Gasteiger partial charge on any atom is 0.229 e. The maximum absolute atomic E-state index is 14.6. The molecule has 0 spiro atoms. The van der Waals surface area contributed by atoms with Crippen LogP contribution >= 0.6 is 11.6 Å². The molecule has 0 saturated carbocycles. The second-order valence-electron chi connectivity index (χ2n) is 8.52. The van der Waals surface area contributed by atoms with E-state index in [-0.39, 0.29) is 18.0 Å². The fraction of sp³-hybridized carbons (Fsp3) is 0.231. The molecule has 1 fully saturated rings. The number of carbonyl (C=O) groups is 1. The fourth-order valence-corrected chi connectivity index (χ4v) is 4.57. The molecule has 5 rings (SSSR count). The van der Waals surface area contributed by atoms with E-state index in [0.29, 0.717) is 39.2 Å². The maximum atomic E-state index is 14.6. The Bertz CT molecular complexity index is 1410. The highest BCUT2D eigenvalue weighted by Crippen LogP contribution is 2.33. The predicted octanol–water partition coefficient (Wildman–Crippen LogP) is 5.84. The number of ketones is 1. The summed E-state index contributed by atoms with van der Waals surface area (Å²) in [5.74, 6) is -0.0154. The minimum absolute atomic E-state index is 0.0699. The van der Waals surface area contributed by atoms with E-state index in [0.717, 1.165) is 37.1 Å². The van der Waals surface area contributed by atoms with Gasteiger partial charge in [0.15, 0.2) is 11.4 Å². The van der Waals surface area contributed by atoms with Gasteiger partial charge in [-0.15, -0.1) is 0 Å². The molecule has 1 aliphatic rings. The molecule has 0 radical (unpaired) electrons. The number of allylic oxidation sites excluding steroid dienone is 1. The van der Waals surface area contributed by atoms with E-state index in [1.165, 1.54) is 18.6 Å². The second-order valence-corrected chi connectivity index (χ2v) is 8.90. The Balaban J connectivity index is 1.52. The molecule has 1 saturated heterocycles. The van der Waals surface area contributed by atoms with Crippen LogP contribution in [-0.2, 0) is 11.2 Å². The molecule has 2 aromatic carbocycles. The van der Waals surface area contributed by atoms with Gasteiger partial charge in [0.2, 0.25) is 5.95 Å². The van der Waals surface area contributed by atoms with Gasteiger partial charge < -0.3 is 10.2 Å². The molecule has 0 aliphatic carbocycles. The van der Waals surface area contributed by atoms with E-state index in [1.807, 2.05) is 24.3 Å². The molecular weight excluding hydrogens is 467 g/mol. The van der Waals surface area contributed by atoms with Crippen LogP contribution in [0.4, 0.5) is 21.7 Å². The highest BCUT2D eigenvalue weighted by Gasteiger charge is 2.18. The van der Waals surface area contributed by atoms with Gasteiger partial charge >= 0.3 is 0 Å². The van der Waals surface area contributed by atoms with Crippen LogP contribution in [0.5, 0.6) is 0 Å². The fourth-order valence-electron chi connectivity index (χ4n) is 4.35. The van der Waals surface area contributed by atoms with E-state index in [1.54, 1.807) is 12.1 Å². The summed E-state index contributed by atoms with van der Waals surface area (Å²) in [5, 5.41) is 11.1. The first-order valence-electron chi connectivity index (χ1n) is 11.5. The first-order valence-corrected chi connectivity index (χ1v) is 11.9. The van der Waals surface area contributed by atoms with Crippen molar-refractivity contribution in [1.82, 2.24) is 20.2 Å². The Labute approximate surface area is 207 Å². The molecule has 0 unspecified atom stereocenters. The normalized spacial score (nSPS) is 13.7. The zero-order valence-electron chi connectivity index (χ0n) is 19.0. The molecule has 0 bridgehead atoms. The van der Waals surface area contributed by atoms with Crippen LogP contribution in [0.1, 0.15) is 24.8 Å². The lowest BCUT2D eigenvalue weighted by Crippen LogP contribution is -2.30. The Morgan fingerprint density at radius 1 is 1.17 bits per heavy atom. The molecule has 2 aromatic heterocycles. The van der Waals surface area contributed by atoms with E-state index in [4.69, 9.17) is 16.6 Å². The Hall–Kier alpha value is -3.78. The SMILES string of the molecule is C=CC(=O)Cc1cccc(-c2nc(Nc3ccc(F)c(N4CCCCC4)c3)nc3n[nH]c(Cl)c23)c1. The van der Waals surface area contributed by atoms with Crippen LogP contribution in [-0.4, -0.2) is 39.0 Å². The van der Waals surface area contributed by atoms with Gasteiger partial charge in [0, 0.05) is 30.8 Å². The number of aromatic amines is 1. The zero-order valence-corrected chi connectivity index (χ0v) is 19.8. The molecule has 1 aliphatic heterocycles. The lowest BCUT2D eigenvalue weighted by atomic mass is 10.0. The summed E-state index contributed by atoms with van der Waals surface area (Å²) in [6.45, 7) is 5.21. The lowest BCUT2D eigenvalue weighted by molar-refractivity contribution is -0.114. The van der Waals surface area contributed by atoms with E-state index >= 15 is 0 Å². The van der Waals surface area contributed by atoms with Crippen LogP contribution in [0.2, 0.25) is 5.15 Å². The summed E-state index contributed by atoms with van der Waals surface area (Å²) >= 11 is 6.38. The Morgan fingerprint density at radius 3 is 2.80 bits per heavy atom.